The van der Waals surface area contributed by atoms with E-state index in [-0.39, 0.29) is 11.9 Å². The molecule has 1 unspecified atom stereocenters. The summed E-state index contributed by atoms with van der Waals surface area (Å²) < 4.78 is 5.70. The Kier molecular flexibility index (Phi) is 5.36. The van der Waals surface area contributed by atoms with Crippen molar-refractivity contribution in [2.24, 2.45) is 0 Å². The van der Waals surface area contributed by atoms with Crippen LogP contribution in [0.1, 0.15) is 30.5 Å². The predicted molar refractivity (Wildman–Crippen MR) is 93.4 cm³/mol. The molecule has 120 valence electrons. The van der Waals surface area contributed by atoms with Gasteiger partial charge in [-0.3, -0.25) is 4.79 Å². The van der Waals surface area contributed by atoms with Gasteiger partial charge in [0.25, 0.3) is 0 Å². The van der Waals surface area contributed by atoms with Gasteiger partial charge in [0.2, 0.25) is 5.91 Å². The molecular formula is C19H21NO2S. The number of rotatable bonds is 5. The summed E-state index contributed by atoms with van der Waals surface area (Å²) >= 11 is 1.85. The van der Waals surface area contributed by atoms with E-state index in [2.05, 4.69) is 17.4 Å². The number of amides is 1. The lowest BCUT2D eigenvalue weighted by atomic mass is 10.0. The molecule has 0 fully saturated rings. The molecule has 4 heteroatoms. The van der Waals surface area contributed by atoms with Crippen LogP contribution in [0.4, 0.5) is 0 Å². The van der Waals surface area contributed by atoms with Crippen molar-refractivity contribution < 1.29 is 9.53 Å². The highest BCUT2D eigenvalue weighted by molar-refractivity contribution is 7.99. The number of fused-ring (bicyclic) bond motifs is 1. The maximum Gasteiger partial charge on any atom is 0.249 e. The number of benzene rings is 2. The minimum Gasteiger partial charge on any atom is -0.364 e. The predicted octanol–water partition coefficient (Wildman–Crippen LogP) is 3.95. The van der Waals surface area contributed by atoms with Gasteiger partial charge in [0, 0.05) is 10.6 Å². The van der Waals surface area contributed by atoms with Crippen LogP contribution in [0.15, 0.2) is 59.5 Å². The van der Waals surface area contributed by atoms with Crippen LogP contribution in [0.25, 0.3) is 0 Å². The van der Waals surface area contributed by atoms with Gasteiger partial charge in [-0.05, 0) is 30.5 Å². The Morgan fingerprint density at radius 2 is 1.96 bits per heavy atom. The van der Waals surface area contributed by atoms with Gasteiger partial charge in [0.1, 0.15) is 6.10 Å². The molecule has 3 nitrogen and oxygen atoms in total. The lowest BCUT2D eigenvalue weighted by Crippen LogP contribution is -2.38. The lowest BCUT2D eigenvalue weighted by molar-refractivity contribution is -0.133. The number of thioether (sulfide) groups is 1. The van der Waals surface area contributed by atoms with Crippen LogP contribution in [-0.2, 0) is 16.1 Å². The summed E-state index contributed by atoms with van der Waals surface area (Å²) in [5.74, 6) is 0.980. The number of hydrogen-bond donors (Lipinski definition) is 1. The fourth-order valence-corrected chi connectivity index (χ4v) is 3.78. The molecule has 0 saturated heterocycles. The zero-order valence-electron chi connectivity index (χ0n) is 13.2. The summed E-state index contributed by atoms with van der Waals surface area (Å²) in [5.41, 5.74) is 2.29. The van der Waals surface area contributed by atoms with Crippen LogP contribution < -0.4 is 5.32 Å². The van der Waals surface area contributed by atoms with E-state index in [1.807, 2.05) is 61.2 Å². The first kappa shape index (κ1) is 16.1. The number of carbonyl (C=O) groups is 1. The van der Waals surface area contributed by atoms with Crippen LogP contribution >= 0.6 is 11.8 Å². The molecule has 3 rings (SSSR count). The average Bonchev–Trinajstić information content (AvgIpc) is 2.61. The number of nitrogens with one attached hydrogen (secondary N) is 1. The van der Waals surface area contributed by atoms with E-state index in [1.165, 1.54) is 10.5 Å². The van der Waals surface area contributed by atoms with Crippen LogP contribution in [0.2, 0.25) is 0 Å². The van der Waals surface area contributed by atoms with Gasteiger partial charge in [-0.1, -0.05) is 48.5 Å². The molecule has 0 aliphatic carbocycles. The molecule has 2 aromatic rings. The number of hydrogen-bond acceptors (Lipinski definition) is 3. The second kappa shape index (κ2) is 7.66. The second-order valence-corrected chi connectivity index (χ2v) is 6.81. The zero-order valence-corrected chi connectivity index (χ0v) is 14.0. The molecule has 2 aromatic carbocycles. The van der Waals surface area contributed by atoms with E-state index >= 15 is 0 Å². The Hall–Kier alpha value is -1.78. The highest BCUT2D eigenvalue weighted by atomic mass is 32.2. The van der Waals surface area contributed by atoms with Gasteiger partial charge in [-0.2, -0.15) is 0 Å². The van der Waals surface area contributed by atoms with E-state index < -0.39 is 6.10 Å². The summed E-state index contributed by atoms with van der Waals surface area (Å²) in [6, 6.07) is 18.3. The number of ether oxygens (including phenoxy) is 1. The van der Waals surface area contributed by atoms with Crippen LogP contribution in [0, 0.1) is 0 Å². The SMILES string of the molecule is C[C@H](OCc1ccccc1)C(=O)NC1CCSc2ccccc21. The fraction of sp³-hybridized carbons (Fsp3) is 0.316. The molecule has 23 heavy (non-hydrogen) atoms. The topological polar surface area (TPSA) is 38.3 Å². The van der Waals surface area contributed by atoms with Crippen molar-refractivity contribution in [2.75, 3.05) is 5.75 Å². The van der Waals surface area contributed by atoms with Crippen molar-refractivity contribution in [1.82, 2.24) is 5.32 Å². The first-order chi connectivity index (χ1) is 11.2. The fourth-order valence-electron chi connectivity index (χ4n) is 2.65. The minimum atomic E-state index is -0.461. The van der Waals surface area contributed by atoms with E-state index in [0.29, 0.717) is 6.61 Å². The Morgan fingerprint density at radius 1 is 1.22 bits per heavy atom. The Bertz CT molecular complexity index is 659. The molecule has 0 aromatic heterocycles. The Morgan fingerprint density at radius 3 is 2.78 bits per heavy atom. The molecule has 0 bridgehead atoms. The third-order valence-electron chi connectivity index (χ3n) is 3.99. The Labute approximate surface area is 141 Å². The zero-order chi connectivity index (χ0) is 16.1. The first-order valence-electron chi connectivity index (χ1n) is 7.91. The molecule has 1 aliphatic rings. The smallest absolute Gasteiger partial charge is 0.249 e. The Balaban J connectivity index is 1.57. The highest BCUT2D eigenvalue weighted by Gasteiger charge is 2.24. The monoisotopic (exact) mass is 327 g/mol. The van der Waals surface area contributed by atoms with E-state index in [0.717, 1.165) is 17.7 Å². The summed E-state index contributed by atoms with van der Waals surface area (Å²) in [5, 5.41) is 3.13. The summed E-state index contributed by atoms with van der Waals surface area (Å²) in [4.78, 5) is 13.7. The van der Waals surface area contributed by atoms with Gasteiger partial charge in [0.15, 0.2) is 0 Å². The number of carbonyl (C=O) groups excluding carboxylic acids is 1. The molecule has 1 aliphatic heterocycles. The quantitative estimate of drug-likeness (QED) is 0.904. The minimum absolute atomic E-state index is 0.0485. The van der Waals surface area contributed by atoms with Crippen molar-refractivity contribution in [1.29, 1.82) is 0 Å². The molecule has 1 heterocycles. The average molecular weight is 327 g/mol. The van der Waals surface area contributed by atoms with Crippen LogP contribution in [0.5, 0.6) is 0 Å². The molecular weight excluding hydrogens is 306 g/mol. The van der Waals surface area contributed by atoms with E-state index in [9.17, 15) is 4.79 Å². The molecule has 1 amide bonds. The first-order valence-corrected chi connectivity index (χ1v) is 8.90. The van der Waals surface area contributed by atoms with Crippen molar-refractivity contribution in [3.8, 4) is 0 Å². The van der Waals surface area contributed by atoms with Crippen molar-refractivity contribution in [3.05, 3.63) is 65.7 Å². The van der Waals surface area contributed by atoms with E-state index in [1.54, 1.807) is 0 Å². The summed E-state index contributed by atoms with van der Waals surface area (Å²) in [6.45, 7) is 2.26. The van der Waals surface area contributed by atoms with Crippen LogP contribution in [0.3, 0.4) is 0 Å². The molecule has 0 spiro atoms. The third-order valence-corrected chi connectivity index (χ3v) is 5.11. The van der Waals surface area contributed by atoms with Gasteiger partial charge >= 0.3 is 0 Å². The van der Waals surface area contributed by atoms with Gasteiger partial charge < -0.3 is 10.1 Å². The van der Waals surface area contributed by atoms with Crippen molar-refractivity contribution in [2.45, 2.75) is 37.0 Å². The standard InChI is InChI=1S/C19H21NO2S/c1-14(22-13-15-7-3-2-4-8-15)19(21)20-17-11-12-23-18-10-6-5-9-16(17)18/h2-10,14,17H,11-13H2,1H3,(H,20,21)/t14-,17?/m0/s1. The largest absolute Gasteiger partial charge is 0.364 e. The third kappa shape index (κ3) is 4.15. The van der Waals surface area contributed by atoms with E-state index in [4.69, 9.17) is 4.74 Å². The van der Waals surface area contributed by atoms with Gasteiger partial charge in [0.05, 0.1) is 12.6 Å². The highest BCUT2D eigenvalue weighted by Crippen LogP contribution is 2.35. The molecule has 0 radical (unpaired) electrons. The van der Waals surface area contributed by atoms with Gasteiger partial charge in [-0.15, -0.1) is 11.8 Å². The summed E-state index contributed by atoms with van der Waals surface area (Å²) in [7, 11) is 0. The van der Waals surface area contributed by atoms with Crippen molar-refractivity contribution in [3.63, 3.8) is 0 Å². The van der Waals surface area contributed by atoms with Gasteiger partial charge in [-0.25, -0.2) is 0 Å². The maximum absolute atomic E-state index is 12.4. The molecule has 2 atom stereocenters. The molecule has 0 saturated carbocycles. The summed E-state index contributed by atoms with van der Waals surface area (Å²) in [6.07, 6.45) is 0.496. The van der Waals surface area contributed by atoms with Crippen molar-refractivity contribution >= 4 is 17.7 Å². The molecule has 1 N–H and O–H groups in total. The second-order valence-electron chi connectivity index (χ2n) is 5.67. The van der Waals surface area contributed by atoms with Crippen LogP contribution in [-0.4, -0.2) is 17.8 Å². The lowest BCUT2D eigenvalue weighted by Gasteiger charge is -2.27. The normalized spacial score (nSPS) is 18.0. The maximum atomic E-state index is 12.4.